The highest BCUT2D eigenvalue weighted by molar-refractivity contribution is 6.47. The first-order valence-electron chi connectivity index (χ1n) is 6.71. The molecule has 1 heterocycles. The van der Waals surface area contributed by atoms with E-state index in [1.165, 1.54) is 5.56 Å². The lowest BCUT2D eigenvalue weighted by Crippen LogP contribution is -2.41. The number of hydrogen-bond donors (Lipinski definition) is 0. The third kappa shape index (κ3) is 2.62. The Bertz CT molecular complexity index is 384. The molecule has 0 amide bonds. The van der Waals surface area contributed by atoms with Crippen LogP contribution in [-0.4, -0.2) is 18.3 Å². The van der Waals surface area contributed by atoms with E-state index in [-0.39, 0.29) is 18.3 Å². The minimum atomic E-state index is -0.234. The minimum Gasteiger partial charge on any atom is -0.403 e. The van der Waals surface area contributed by atoms with E-state index in [1.54, 1.807) is 0 Å². The third-order valence-electron chi connectivity index (χ3n) is 4.14. The van der Waals surface area contributed by atoms with E-state index in [4.69, 9.17) is 9.31 Å². The summed E-state index contributed by atoms with van der Waals surface area (Å²) >= 11 is 0. The first kappa shape index (κ1) is 13.6. The number of rotatable bonds is 3. The van der Waals surface area contributed by atoms with E-state index >= 15 is 0 Å². The largest absolute Gasteiger partial charge is 0.461 e. The van der Waals surface area contributed by atoms with Crippen LogP contribution in [0.25, 0.3) is 0 Å². The van der Waals surface area contributed by atoms with Gasteiger partial charge in [-0.1, -0.05) is 37.3 Å². The second kappa shape index (κ2) is 4.71. The van der Waals surface area contributed by atoms with Crippen molar-refractivity contribution in [1.82, 2.24) is 0 Å². The third-order valence-corrected chi connectivity index (χ3v) is 4.14. The second-order valence-corrected chi connectivity index (χ2v) is 6.29. The summed E-state index contributed by atoms with van der Waals surface area (Å²) in [4.78, 5) is 0. The van der Waals surface area contributed by atoms with Crippen molar-refractivity contribution in [1.29, 1.82) is 0 Å². The highest BCUT2D eigenvalue weighted by Gasteiger charge is 2.52. The summed E-state index contributed by atoms with van der Waals surface area (Å²) in [7, 11) is -0.116. The molecule has 0 aromatic heterocycles. The molecule has 0 bridgehead atoms. The number of benzene rings is 1. The zero-order valence-electron chi connectivity index (χ0n) is 12.1. The van der Waals surface area contributed by atoms with Crippen LogP contribution < -0.4 is 0 Å². The van der Waals surface area contributed by atoms with Gasteiger partial charge in [0.2, 0.25) is 0 Å². The lowest BCUT2D eigenvalue weighted by atomic mass is 9.70. The Labute approximate surface area is 111 Å². The van der Waals surface area contributed by atoms with Gasteiger partial charge in [0, 0.05) is 0 Å². The molecular weight excluding hydrogens is 223 g/mol. The molecule has 1 atom stereocenters. The average Bonchev–Trinajstić information content (AvgIpc) is 2.50. The van der Waals surface area contributed by atoms with Crippen LogP contribution >= 0.6 is 0 Å². The molecule has 2 rings (SSSR count). The molecular formula is C15H23BO2. The summed E-state index contributed by atoms with van der Waals surface area (Å²) in [5.74, 6) is 0.355. The van der Waals surface area contributed by atoms with Crippen molar-refractivity contribution in [2.24, 2.45) is 0 Å². The van der Waals surface area contributed by atoms with E-state index in [0.717, 1.165) is 6.42 Å². The van der Waals surface area contributed by atoms with Crippen LogP contribution in [0.15, 0.2) is 30.3 Å². The fourth-order valence-electron chi connectivity index (χ4n) is 2.20. The van der Waals surface area contributed by atoms with E-state index in [9.17, 15) is 0 Å². The van der Waals surface area contributed by atoms with Gasteiger partial charge >= 0.3 is 7.12 Å². The van der Waals surface area contributed by atoms with Gasteiger partial charge in [-0.05, 0) is 45.5 Å². The molecule has 0 spiro atoms. The van der Waals surface area contributed by atoms with Gasteiger partial charge in [-0.15, -0.1) is 0 Å². The van der Waals surface area contributed by atoms with Gasteiger partial charge in [-0.2, -0.15) is 0 Å². The van der Waals surface area contributed by atoms with Crippen LogP contribution in [-0.2, 0) is 15.7 Å². The maximum Gasteiger partial charge on any atom is 0.461 e. The van der Waals surface area contributed by atoms with Crippen LogP contribution in [0.5, 0.6) is 0 Å². The van der Waals surface area contributed by atoms with Crippen LogP contribution in [0, 0.1) is 0 Å². The van der Waals surface area contributed by atoms with Crippen molar-refractivity contribution in [2.45, 2.75) is 58.1 Å². The topological polar surface area (TPSA) is 18.5 Å². The van der Waals surface area contributed by atoms with Crippen molar-refractivity contribution in [3.05, 3.63) is 35.9 Å². The van der Waals surface area contributed by atoms with Crippen molar-refractivity contribution in [3.8, 4) is 0 Å². The summed E-state index contributed by atoms with van der Waals surface area (Å²) in [6, 6.07) is 10.5. The first-order chi connectivity index (χ1) is 8.32. The molecule has 18 heavy (non-hydrogen) atoms. The van der Waals surface area contributed by atoms with Gasteiger partial charge in [0.25, 0.3) is 0 Å². The highest BCUT2D eigenvalue weighted by atomic mass is 16.7. The number of hydrogen-bond acceptors (Lipinski definition) is 2. The highest BCUT2D eigenvalue weighted by Crippen LogP contribution is 2.40. The molecule has 1 saturated heterocycles. The Morgan fingerprint density at radius 1 is 1.00 bits per heavy atom. The monoisotopic (exact) mass is 246 g/mol. The smallest absolute Gasteiger partial charge is 0.403 e. The normalized spacial score (nSPS) is 23.1. The van der Waals surface area contributed by atoms with E-state index in [1.807, 2.05) is 6.07 Å². The quantitative estimate of drug-likeness (QED) is 0.757. The maximum atomic E-state index is 6.08. The lowest BCUT2D eigenvalue weighted by Gasteiger charge is -2.32. The summed E-state index contributed by atoms with van der Waals surface area (Å²) in [5.41, 5.74) is 0.866. The van der Waals surface area contributed by atoms with Gasteiger partial charge in [0.15, 0.2) is 0 Å². The molecule has 3 heteroatoms. The van der Waals surface area contributed by atoms with Crippen LogP contribution in [0.2, 0.25) is 5.82 Å². The molecule has 0 saturated carbocycles. The second-order valence-electron chi connectivity index (χ2n) is 6.29. The van der Waals surface area contributed by atoms with Crippen molar-refractivity contribution in [2.75, 3.05) is 0 Å². The summed E-state index contributed by atoms with van der Waals surface area (Å²) in [6.45, 7) is 10.6. The van der Waals surface area contributed by atoms with Gasteiger partial charge in [-0.3, -0.25) is 0 Å². The van der Waals surface area contributed by atoms with Crippen LogP contribution in [0.1, 0.15) is 40.2 Å². The van der Waals surface area contributed by atoms with E-state index in [2.05, 4.69) is 58.9 Å². The van der Waals surface area contributed by atoms with Gasteiger partial charge in [-0.25, -0.2) is 0 Å². The van der Waals surface area contributed by atoms with Crippen LogP contribution in [0.3, 0.4) is 0 Å². The molecule has 0 radical (unpaired) electrons. The van der Waals surface area contributed by atoms with Crippen LogP contribution in [0.4, 0.5) is 0 Å². The van der Waals surface area contributed by atoms with Gasteiger partial charge < -0.3 is 9.31 Å². The fourth-order valence-corrected chi connectivity index (χ4v) is 2.20. The fraction of sp³-hybridized carbons (Fsp3) is 0.600. The zero-order chi connectivity index (χ0) is 13.4. The maximum absolute atomic E-state index is 6.08. The summed E-state index contributed by atoms with van der Waals surface area (Å²) in [5, 5.41) is 0. The molecule has 2 nitrogen and oxygen atoms in total. The lowest BCUT2D eigenvalue weighted by molar-refractivity contribution is 0.00578. The molecule has 0 N–H and O–H groups in total. The Balaban J connectivity index is 2.02. The Kier molecular flexibility index (Phi) is 3.57. The molecule has 1 aromatic carbocycles. The molecule has 98 valence electrons. The standard InChI is InChI=1S/C15H23BO2/c1-12(11-13-9-7-6-8-10-13)16-17-14(2,3)15(4,5)18-16/h6-10,12H,11H2,1-5H3/t12-/m0/s1. The Morgan fingerprint density at radius 3 is 2.00 bits per heavy atom. The Hall–Kier alpha value is -0.795. The summed E-state index contributed by atoms with van der Waals surface area (Å²) in [6.07, 6.45) is 0.984. The zero-order valence-corrected chi connectivity index (χ0v) is 12.1. The van der Waals surface area contributed by atoms with Gasteiger partial charge in [0.1, 0.15) is 0 Å². The predicted octanol–water partition coefficient (Wildman–Crippen LogP) is 3.71. The van der Waals surface area contributed by atoms with E-state index in [0.29, 0.717) is 5.82 Å². The predicted molar refractivity (Wildman–Crippen MR) is 75.7 cm³/mol. The summed E-state index contributed by atoms with van der Waals surface area (Å²) < 4.78 is 12.2. The molecule has 1 aromatic rings. The molecule has 1 fully saturated rings. The SMILES string of the molecule is C[C@@H](Cc1ccccc1)B1OC(C)(C)C(C)(C)O1. The Morgan fingerprint density at radius 2 is 1.50 bits per heavy atom. The molecule has 1 aliphatic heterocycles. The minimum absolute atomic E-state index is 0.116. The molecule has 0 unspecified atom stereocenters. The average molecular weight is 246 g/mol. The van der Waals surface area contributed by atoms with Crippen molar-refractivity contribution < 1.29 is 9.31 Å². The van der Waals surface area contributed by atoms with Gasteiger partial charge in [0.05, 0.1) is 11.2 Å². The van der Waals surface area contributed by atoms with E-state index < -0.39 is 0 Å². The first-order valence-corrected chi connectivity index (χ1v) is 6.71. The van der Waals surface area contributed by atoms with Crippen molar-refractivity contribution in [3.63, 3.8) is 0 Å². The van der Waals surface area contributed by atoms with Crippen molar-refractivity contribution >= 4 is 7.12 Å². The molecule has 1 aliphatic rings. The molecule has 0 aliphatic carbocycles.